The zero-order valence-corrected chi connectivity index (χ0v) is 10.9. The monoisotopic (exact) mass is 239 g/mol. The van der Waals surface area contributed by atoms with E-state index in [0.717, 1.165) is 5.75 Å². The highest BCUT2D eigenvalue weighted by Crippen LogP contribution is 2.16. The first-order chi connectivity index (χ1) is 7.45. The summed E-state index contributed by atoms with van der Waals surface area (Å²) in [5.74, 6) is 0.534. The zero-order valence-electron chi connectivity index (χ0n) is 10.1. The maximum atomic E-state index is 11.8. The molecule has 0 spiro atoms. The predicted octanol–water partition coefficient (Wildman–Crippen LogP) is 1.86. The molecular formula is C11H18BNO2S. The molecule has 0 rings (SSSR count). The molecule has 0 aliphatic carbocycles. The third kappa shape index (κ3) is 4.29. The van der Waals surface area contributed by atoms with Gasteiger partial charge >= 0.3 is 7.05 Å². The summed E-state index contributed by atoms with van der Waals surface area (Å²) in [6.07, 6.45) is 3.25. The summed E-state index contributed by atoms with van der Waals surface area (Å²) in [5, 5.41) is 9.84. The lowest BCUT2D eigenvalue weighted by molar-refractivity contribution is -0.121. The molecule has 0 atom stereocenters. The van der Waals surface area contributed by atoms with E-state index in [1.165, 1.54) is 16.6 Å². The molecule has 3 nitrogen and oxygen atoms in total. The molecule has 0 aromatic carbocycles. The fourth-order valence-corrected chi connectivity index (χ4v) is 1.74. The van der Waals surface area contributed by atoms with E-state index >= 15 is 0 Å². The number of rotatable bonds is 6. The van der Waals surface area contributed by atoms with Crippen molar-refractivity contribution < 1.29 is 9.82 Å². The van der Waals surface area contributed by atoms with Crippen molar-refractivity contribution >= 4 is 24.7 Å². The van der Waals surface area contributed by atoms with Crippen LogP contribution in [0.15, 0.2) is 35.7 Å². The topological polar surface area (TPSA) is 40.5 Å². The summed E-state index contributed by atoms with van der Waals surface area (Å²) in [4.78, 5) is 13.5. The maximum absolute atomic E-state index is 11.8. The van der Waals surface area contributed by atoms with Crippen LogP contribution in [0.3, 0.4) is 0 Å². The highest BCUT2D eigenvalue weighted by molar-refractivity contribution is 8.03. The van der Waals surface area contributed by atoms with Crippen molar-refractivity contribution in [2.24, 2.45) is 0 Å². The quantitative estimate of drug-likeness (QED) is 0.437. The molecule has 0 radical (unpaired) electrons. The summed E-state index contributed by atoms with van der Waals surface area (Å²) < 4.78 is 0. The van der Waals surface area contributed by atoms with E-state index in [1.807, 2.05) is 6.92 Å². The summed E-state index contributed by atoms with van der Waals surface area (Å²) in [5.41, 5.74) is 0.667. The molecule has 0 heterocycles. The minimum atomic E-state index is -0.931. The Morgan fingerprint density at radius 1 is 1.62 bits per heavy atom. The largest absolute Gasteiger partial charge is 0.447 e. The smallest absolute Gasteiger partial charge is 0.429 e. The van der Waals surface area contributed by atoms with Crippen LogP contribution in [0.5, 0.6) is 0 Å². The van der Waals surface area contributed by atoms with E-state index in [-0.39, 0.29) is 5.91 Å². The van der Waals surface area contributed by atoms with Gasteiger partial charge in [0.05, 0.1) is 4.91 Å². The molecule has 0 unspecified atom stereocenters. The summed E-state index contributed by atoms with van der Waals surface area (Å²) in [6, 6.07) is 0. The van der Waals surface area contributed by atoms with Crippen molar-refractivity contribution in [3.05, 3.63) is 35.7 Å². The Labute approximate surface area is 102 Å². The van der Waals surface area contributed by atoms with Crippen LogP contribution in [0.2, 0.25) is 0 Å². The zero-order chi connectivity index (χ0) is 12.7. The lowest BCUT2D eigenvalue weighted by atomic mass is 9.72. The highest BCUT2D eigenvalue weighted by atomic mass is 32.2. The van der Waals surface area contributed by atoms with E-state index < -0.39 is 7.05 Å². The summed E-state index contributed by atoms with van der Waals surface area (Å²) in [6.45, 7) is 10.9. The molecule has 0 aliphatic heterocycles. The van der Waals surface area contributed by atoms with Crippen LogP contribution in [0.1, 0.15) is 13.8 Å². The van der Waals surface area contributed by atoms with Gasteiger partial charge in [-0.05, 0) is 19.7 Å². The van der Waals surface area contributed by atoms with Gasteiger partial charge in [0.25, 0.3) is 0 Å². The van der Waals surface area contributed by atoms with Gasteiger partial charge in [-0.2, -0.15) is 0 Å². The van der Waals surface area contributed by atoms with Crippen LogP contribution >= 0.6 is 11.8 Å². The van der Waals surface area contributed by atoms with E-state index in [9.17, 15) is 9.82 Å². The lowest BCUT2D eigenvalue weighted by Gasteiger charge is -2.21. The van der Waals surface area contributed by atoms with Crippen LogP contribution in [0.25, 0.3) is 0 Å². The lowest BCUT2D eigenvalue weighted by Crippen LogP contribution is -2.42. The van der Waals surface area contributed by atoms with Gasteiger partial charge in [0, 0.05) is 0 Å². The van der Waals surface area contributed by atoms with Crippen molar-refractivity contribution in [1.82, 2.24) is 4.81 Å². The molecule has 1 N–H and O–H groups in total. The summed E-state index contributed by atoms with van der Waals surface area (Å²) in [7, 11) is 0.620. The normalized spacial score (nSPS) is 10.9. The second-order valence-corrected chi connectivity index (χ2v) is 4.65. The Hall–Kier alpha value is -0.935. The molecular weight excluding hydrogens is 221 g/mol. The third-order valence-corrected chi connectivity index (χ3v) is 2.84. The Bertz CT molecular complexity index is 315. The number of carbonyl (C=O) groups excluding carboxylic acids is 1. The molecule has 0 saturated carbocycles. The van der Waals surface area contributed by atoms with E-state index in [4.69, 9.17) is 0 Å². The first-order valence-corrected chi connectivity index (χ1v) is 6.00. The highest BCUT2D eigenvalue weighted by Gasteiger charge is 2.26. The number of likely N-dealkylation sites (N-methyl/N-ethyl adjacent to an activating group) is 1. The second-order valence-electron chi connectivity index (χ2n) is 3.29. The molecule has 1 amide bonds. The van der Waals surface area contributed by atoms with Crippen LogP contribution < -0.4 is 0 Å². The SMILES string of the molecule is C=C/C=C(\C)B(O)N(C)C(=O)C(=C)SCC. The van der Waals surface area contributed by atoms with Gasteiger partial charge < -0.3 is 9.83 Å². The molecule has 0 bridgehead atoms. The molecule has 5 heteroatoms. The number of allylic oxidation sites excluding steroid dienone is 3. The average Bonchev–Trinajstić information content (AvgIpc) is 2.26. The minimum absolute atomic E-state index is 0.254. The van der Waals surface area contributed by atoms with Crippen molar-refractivity contribution in [1.29, 1.82) is 0 Å². The third-order valence-electron chi connectivity index (χ3n) is 2.03. The first-order valence-electron chi connectivity index (χ1n) is 5.01. The number of nitrogens with zero attached hydrogens (tertiary/aromatic N) is 1. The van der Waals surface area contributed by atoms with Crippen LogP contribution in [-0.4, -0.2) is 35.6 Å². The van der Waals surface area contributed by atoms with E-state index in [2.05, 4.69) is 13.2 Å². The average molecular weight is 239 g/mol. The van der Waals surface area contributed by atoms with Gasteiger partial charge in [-0.3, -0.25) is 4.79 Å². The van der Waals surface area contributed by atoms with Crippen molar-refractivity contribution in [3.63, 3.8) is 0 Å². The number of hydrogen-bond acceptors (Lipinski definition) is 3. The summed E-state index contributed by atoms with van der Waals surface area (Å²) >= 11 is 1.37. The van der Waals surface area contributed by atoms with Crippen LogP contribution in [0.4, 0.5) is 0 Å². The van der Waals surface area contributed by atoms with Gasteiger partial charge in [0.1, 0.15) is 0 Å². The number of carbonyl (C=O) groups is 1. The number of thioether (sulfide) groups is 1. The number of amides is 1. The van der Waals surface area contributed by atoms with Gasteiger partial charge in [0.15, 0.2) is 0 Å². The van der Waals surface area contributed by atoms with Crippen molar-refractivity contribution in [3.8, 4) is 0 Å². The Morgan fingerprint density at radius 3 is 2.62 bits per heavy atom. The maximum Gasteiger partial charge on any atom is 0.447 e. The van der Waals surface area contributed by atoms with E-state index in [1.54, 1.807) is 26.1 Å². The molecule has 88 valence electrons. The molecule has 0 saturated heterocycles. The van der Waals surface area contributed by atoms with Crippen molar-refractivity contribution in [2.75, 3.05) is 12.8 Å². The van der Waals surface area contributed by atoms with Gasteiger partial charge in [-0.15, -0.1) is 11.8 Å². The van der Waals surface area contributed by atoms with Crippen molar-refractivity contribution in [2.45, 2.75) is 13.8 Å². The van der Waals surface area contributed by atoms with Crippen LogP contribution in [-0.2, 0) is 4.79 Å². The van der Waals surface area contributed by atoms with Gasteiger partial charge in [-0.25, -0.2) is 0 Å². The molecule has 0 fully saturated rings. The van der Waals surface area contributed by atoms with Gasteiger partial charge in [-0.1, -0.05) is 37.7 Å². The minimum Gasteiger partial charge on any atom is -0.429 e. The molecule has 0 aliphatic rings. The second kappa shape index (κ2) is 7.36. The molecule has 0 aromatic heterocycles. The predicted molar refractivity (Wildman–Crippen MR) is 72.0 cm³/mol. The standard InChI is InChI=1S/C11H18BNO2S/c1-6-8-9(3)12(15)13(5)11(14)10(4)16-7-2/h6,8,15H,1,4,7H2,2-3,5H3/b9-8+. The first kappa shape index (κ1) is 15.1. The number of hydrogen-bond donors (Lipinski definition) is 1. The fraction of sp³-hybridized carbons (Fsp3) is 0.364. The molecule has 0 aromatic rings. The Balaban J connectivity index is 4.60. The van der Waals surface area contributed by atoms with Gasteiger partial charge in [0.2, 0.25) is 5.91 Å². The van der Waals surface area contributed by atoms with E-state index in [0.29, 0.717) is 10.4 Å². The fourth-order valence-electron chi connectivity index (χ4n) is 1.12. The Morgan fingerprint density at radius 2 is 2.19 bits per heavy atom. The van der Waals surface area contributed by atoms with Crippen LogP contribution in [0, 0.1) is 0 Å². The molecule has 16 heavy (non-hydrogen) atoms. The Kier molecular flexibility index (Phi) is 6.93.